The first kappa shape index (κ1) is 13.3. The predicted octanol–water partition coefficient (Wildman–Crippen LogP) is 0.981. The summed E-state index contributed by atoms with van der Waals surface area (Å²) in [6, 6.07) is 8.53. The van der Waals surface area contributed by atoms with Gasteiger partial charge in [0.2, 0.25) is 0 Å². The summed E-state index contributed by atoms with van der Waals surface area (Å²) in [6.45, 7) is 2.97. The fourth-order valence-electron chi connectivity index (χ4n) is 2.13. The average molecular weight is 250 g/mol. The molecular formula is C14H22N2O2. The molecule has 1 saturated carbocycles. The molecule has 4 heteroatoms. The minimum Gasteiger partial charge on any atom is -0.492 e. The van der Waals surface area contributed by atoms with E-state index in [1.54, 1.807) is 0 Å². The van der Waals surface area contributed by atoms with E-state index in [4.69, 9.17) is 15.6 Å². The summed E-state index contributed by atoms with van der Waals surface area (Å²) < 4.78 is 5.78. The largest absolute Gasteiger partial charge is 0.492 e. The molecule has 0 aliphatic heterocycles. The lowest BCUT2D eigenvalue weighted by molar-refractivity contribution is 0.162. The maximum Gasteiger partial charge on any atom is 0.123 e. The molecule has 18 heavy (non-hydrogen) atoms. The molecule has 0 aromatic heterocycles. The average Bonchev–Trinajstić information content (AvgIpc) is 3.22. The number of nitrogens with two attached hydrogens (primary N) is 1. The lowest BCUT2D eigenvalue weighted by atomic mass is 10.2. The summed E-state index contributed by atoms with van der Waals surface area (Å²) in [5.74, 6) is 0.875. The van der Waals surface area contributed by atoms with E-state index in [2.05, 4.69) is 4.90 Å². The number of aliphatic hydroxyl groups excluding tert-OH is 1. The quantitative estimate of drug-likeness (QED) is 0.722. The van der Waals surface area contributed by atoms with Gasteiger partial charge < -0.3 is 15.6 Å². The minimum absolute atomic E-state index is 0.218. The van der Waals surface area contributed by atoms with Crippen LogP contribution < -0.4 is 10.5 Å². The van der Waals surface area contributed by atoms with Gasteiger partial charge in [0.05, 0.1) is 6.61 Å². The number of hydrogen-bond acceptors (Lipinski definition) is 4. The van der Waals surface area contributed by atoms with Crippen LogP contribution in [-0.2, 0) is 6.54 Å². The van der Waals surface area contributed by atoms with Crippen LogP contribution in [0.5, 0.6) is 5.75 Å². The molecule has 2 rings (SSSR count). The normalized spacial score (nSPS) is 15.1. The maximum atomic E-state index is 9.01. The molecule has 1 aromatic rings. The number of hydrogen-bond donors (Lipinski definition) is 2. The van der Waals surface area contributed by atoms with Crippen molar-refractivity contribution < 1.29 is 9.84 Å². The molecule has 0 atom stereocenters. The summed E-state index contributed by atoms with van der Waals surface area (Å²) in [6.07, 6.45) is 2.50. The van der Waals surface area contributed by atoms with Crippen molar-refractivity contribution in [2.45, 2.75) is 25.4 Å². The zero-order valence-electron chi connectivity index (χ0n) is 10.7. The van der Waals surface area contributed by atoms with E-state index >= 15 is 0 Å². The Kier molecular flexibility index (Phi) is 4.99. The van der Waals surface area contributed by atoms with Gasteiger partial charge in [-0.1, -0.05) is 18.2 Å². The Morgan fingerprint density at radius 3 is 2.72 bits per heavy atom. The molecule has 1 fully saturated rings. The zero-order chi connectivity index (χ0) is 12.8. The number of para-hydroxylation sites is 1. The summed E-state index contributed by atoms with van der Waals surface area (Å²) >= 11 is 0. The van der Waals surface area contributed by atoms with Crippen LogP contribution >= 0.6 is 0 Å². The molecule has 0 bridgehead atoms. The van der Waals surface area contributed by atoms with E-state index in [9.17, 15) is 0 Å². The van der Waals surface area contributed by atoms with E-state index in [0.29, 0.717) is 19.2 Å². The Hall–Kier alpha value is -1.10. The second-order valence-corrected chi connectivity index (χ2v) is 4.65. The fourth-order valence-corrected chi connectivity index (χ4v) is 2.13. The first-order valence-electron chi connectivity index (χ1n) is 6.61. The van der Waals surface area contributed by atoms with E-state index in [1.807, 2.05) is 24.3 Å². The molecule has 0 spiro atoms. The Bertz CT molecular complexity index is 367. The molecule has 4 nitrogen and oxygen atoms in total. The van der Waals surface area contributed by atoms with Crippen LogP contribution in [-0.4, -0.2) is 42.4 Å². The molecule has 1 aliphatic rings. The molecule has 1 aromatic carbocycles. The highest BCUT2D eigenvalue weighted by molar-refractivity contribution is 5.32. The van der Waals surface area contributed by atoms with Crippen LogP contribution in [0.15, 0.2) is 24.3 Å². The van der Waals surface area contributed by atoms with Gasteiger partial charge in [0, 0.05) is 31.2 Å². The van der Waals surface area contributed by atoms with Crippen molar-refractivity contribution in [3.63, 3.8) is 0 Å². The molecule has 1 aliphatic carbocycles. The molecule has 100 valence electrons. The second-order valence-electron chi connectivity index (χ2n) is 4.65. The van der Waals surface area contributed by atoms with Gasteiger partial charge in [-0.3, -0.25) is 4.90 Å². The van der Waals surface area contributed by atoms with Crippen molar-refractivity contribution in [3.05, 3.63) is 29.8 Å². The third-order valence-electron chi connectivity index (χ3n) is 3.28. The van der Waals surface area contributed by atoms with Gasteiger partial charge in [0.25, 0.3) is 0 Å². The number of benzene rings is 1. The Labute approximate surface area is 108 Å². The highest BCUT2D eigenvalue weighted by Gasteiger charge is 2.28. The molecule has 3 N–H and O–H groups in total. The molecule has 0 radical (unpaired) electrons. The molecule has 0 amide bonds. The number of nitrogens with zero attached hydrogens (tertiary/aromatic N) is 1. The lowest BCUT2D eigenvalue weighted by Gasteiger charge is -2.21. The monoisotopic (exact) mass is 250 g/mol. The van der Waals surface area contributed by atoms with Crippen molar-refractivity contribution in [2.24, 2.45) is 5.73 Å². The van der Waals surface area contributed by atoms with Crippen LogP contribution in [0.25, 0.3) is 0 Å². The van der Waals surface area contributed by atoms with Crippen molar-refractivity contribution in [3.8, 4) is 5.75 Å². The Balaban J connectivity index is 1.79. The van der Waals surface area contributed by atoms with E-state index in [1.165, 1.54) is 12.8 Å². The summed E-state index contributed by atoms with van der Waals surface area (Å²) in [5.41, 5.74) is 6.70. The molecule has 0 saturated heterocycles. The second kappa shape index (κ2) is 6.73. The van der Waals surface area contributed by atoms with Crippen molar-refractivity contribution >= 4 is 0 Å². The van der Waals surface area contributed by atoms with Gasteiger partial charge in [0.15, 0.2) is 0 Å². The van der Waals surface area contributed by atoms with Crippen LogP contribution in [0.2, 0.25) is 0 Å². The topological polar surface area (TPSA) is 58.7 Å². The minimum atomic E-state index is 0.218. The molecule has 0 heterocycles. The standard InChI is InChI=1S/C14H22N2O2/c15-11-12-3-1-2-4-14(12)18-10-8-16(7-9-17)13-5-6-13/h1-4,13,17H,5-11,15H2. The molecular weight excluding hydrogens is 228 g/mol. The van der Waals surface area contributed by atoms with E-state index in [-0.39, 0.29) is 6.61 Å². The van der Waals surface area contributed by atoms with Crippen LogP contribution in [0.4, 0.5) is 0 Å². The highest BCUT2D eigenvalue weighted by atomic mass is 16.5. The van der Waals surface area contributed by atoms with E-state index < -0.39 is 0 Å². The van der Waals surface area contributed by atoms with Crippen LogP contribution in [0, 0.1) is 0 Å². The van der Waals surface area contributed by atoms with Crippen molar-refractivity contribution in [1.82, 2.24) is 4.90 Å². The number of aliphatic hydroxyl groups is 1. The summed E-state index contributed by atoms with van der Waals surface area (Å²) in [4.78, 5) is 2.30. The lowest BCUT2D eigenvalue weighted by Crippen LogP contribution is -2.33. The van der Waals surface area contributed by atoms with Crippen molar-refractivity contribution in [2.75, 3.05) is 26.3 Å². The number of rotatable bonds is 8. The van der Waals surface area contributed by atoms with Crippen molar-refractivity contribution in [1.29, 1.82) is 0 Å². The molecule has 0 unspecified atom stereocenters. The van der Waals surface area contributed by atoms with Gasteiger partial charge in [-0.05, 0) is 18.9 Å². The Morgan fingerprint density at radius 2 is 2.06 bits per heavy atom. The van der Waals surface area contributed by atoms with Gasteiger partial charge in [-0.25, -0.2) is 0 Å². The summed E-state index contributed by atoms with van der Waals surface area (Å²) in [7, 11) is 0. The maximum absolute atomic E-state index is 9.01. The SMILES string of the molecule is NCc1ccccc1OCCN(CCO)C1CC1. The zero-order valence-corrected chi connectivity index (χ0v) is 10.7. The smallest absolute Gasteiger partial charge is 0.123 e. The Morgan fingerprint density at radius 1 is 1.28 bits per heavy atom. The van der Waals surface area contributed by atoms with Crippen LogP contribution in [0.3, 0.4) is 0 Å². The van der Waals surface area contributed by atoms with Gasteiger partial charge in [0.1, 0.15) is 12.4 Å². The third kappa shape index (κ3) is 3.70. The van der Waals surface area contributed by atoms with E-state index in [0.717, 1.165) is 24.4 Å². The van der Waals surface area contributed by atoms with Gasteiger partial charge in [-0.2, -0.15) is 0 Å². The van der Waals surface area contributed by atoms with Gasteiger partial charge in [-0.15, -0.1) is 0 Å². The number of ether oxygens (including phenoxy) is 1. The highest BCUT2D eigenvalue weighted by Crippen LogP contribution is 2.26. The first-order chi connectivity index (χ1) is 8.85. The fraction of sp³-hybridized carbons (Fsp3) is 0.571. The third-order valence-corrected chi connectivity index (χ3v) is 3.28. The van der Waals surface area contributed by atoms with Gasteiger partial charge >= 0.3 is 0 Å². The predicted molar refractivity (Wildman–Crippen MR) is 71.5 cm³/mol. The van der Waals surface area contributed by atoms with Crippen LogP contribution in [0.1, 0.15) is 18.4 Å². The summed E-state index contributed by atoms with van der Waals surface area (Å²) in [5, 5.41) is 9.01. The first-order valence-corrected chi connectivity index (χ1v) is 6.61.